The summed E-state index contributed by atoms with van der Waals surface area (Å²) in [5, 5.41) is 13.6. The van der Waals surface area contributed by atoms with Crippen molar-refractivity contribution in [1.29, 1.82) is 0 Å². The summed E-state index contributed by atoms with van der Waals surface area (Å²) in [6.45, 7) is 0. The van der Waals surface area contributed by atoms with Gasteiger partial charge in [0.1, 0.15) is 0 Å². The summed E-state index contributed by atoms with van der Waals surface area (Å²) in [7, 11) is 0. The van der Waals surface area contributed by atoms with Gasteiger partial charge in [0, 0.05) is 65.6 Å². The molecule has 18 rings (SSSR count). The molecule has 1 N–H and O–H groups in total. The van der Waals surface area contributed by atoms with Gasteiger partial charge in [-0.25, -0.2) is 0 Å². The lowest BCUT2D eigenvalue weighted by Gasteiger charge is -2.26. The van der Waals surface area contributed by atoms with Gasteiger partial charge >= 0.3 is 0 Å². The standard InChI is InChI=1S/C46H32N2.C36H26N2.C10H7Br.2CH4/c1-2-12-33(13-3-1)35-22-27-38(28-23-35)47(40-31-24-34-14-4-5-15-37(34)32-40)39-29-25-36(26-30-39)41-16-6-9-19-44(41)48-45-20-10-7-17-42(45)43-18-8-11-21-46(43)48;1-2-10-26(11-3-1)27-18-22-29(23-19-27)37-30-24-20-28(21-25-30)31-12-4-7-15-34(31)38-35-16-8-5-13-32(35)33-14-6-9-17-36(33)38;11-10-6-5-8-3-1-2-4-9(8)7-10;;/h1-32H;1-25,37H;1-7H;2*1H4. The van der Waals surface area contributed by atoms with Crippen molar-refractivity contribution in [3.63, 3.8) is 0 Å². The third-order valence-electron chi connectivity index (χ3n) is 18.3. The maximum Gasteiger partial charge on any atom is 0.0541 e. The van der Waals surface area contributed by atoms with Gasteiger partial charge < -0.3 is 19.4 Å². The van der Waals surface area contributed by atoms with Crippen molar-refractivity contribution < 1.29 is 0 Å². The second kappa shape index (κ2) is 29.0. The molecule has 0 aliphatic heterocycles. The van der Waals surface area contributed by atoms with Crippen LogP contribution in [-0.2, 0) is 0 Å². The van der Waals surface area contributed by atoms with E-state index in [4.69, 9.17) is 0 Å². The fourth-order valence-corrected chi connectivity index (χ4v) is 14.0. The maximum atomic E-state index is 3.55. The van der Waals surface area contributed by atoms with E-state index in [1.807, 2.05) is 6.07 Å². The molecule has 0 bridgehead atoms. The normalized spacial score (nSPS) is 10.9. The first-order valence-electron chi connectivity index (χ1n) is 32.9. The Labute approximate surface area is 588 Å². The van der Waals surface area contributed by atoms with Crippen LogP contribution in [0.3, 0.4) is 0 Å². The molecule has 5 heteroatoms. The van der Waals surface area contributed by atoms with Gasteiger partial charge in [0.15, 0.2) is 0 Å². The number of rotatable bonds is 11. The van der Waals surface area contributed by atoms with Crippen molar-refractivity contribution in [3.8, 4) is 55.9 Å². The van der Waals surface area contributed by atoms with Crippen LogP contribution in [0.4, 0.5) is 28.4 Å². The van der Waals surface area contributed by atoms with Gasteiger partial charge in [0.25, 0.3) is 0 Å². The first-order valence-corrected chi connectivity index (χ1v) is 33.7. The van der Waals surface area contributed by atoms with Crippen molar-refractivity contribution in [1.82, 2.24) is 9.13 Å². The number of aromatic nitrogens is 2. The molecule has 4 nitrogen and oxygen atoms in total. The van der Waals surface area contributed by atoms with Crippen LogP contribution in [0.2, 0.25) is 0 Å². The van der Waals surface area contributed by atoms with Crippen molar-refractivity contribution in [3.05, 3.63) is 393 Å². The Morgan fingerprint density at radius 3 is 0.970 bits per heavy atom. The molecular formula is C94H73BrN4. The summed E-state index contributed by atoms with van der Waals surface area (Å²) in [6.07, 6.45) is 0. The predicted molar refractivity (Wildman–Crippen MR) is 430 cm³/mol. The van der Waals surface area contributed by atoms with Crippen LogP contribution >= 0.6 is 15.9 Å². The van der Waals surface area contributed by atoms with E-state index in [0.717, 1.165) is 32.9 Å². The van der Waals surface area contributed by atoms with Gasteiger partial charge in [0.2, 0.25) is 0 Å². The summed E-state index contributed by atoms with van der Waals surface area (Å²) in [6, 6.07) is 138. The van der Waals surface area contributed by atoms with Gasteiger partial charge in [-0.3, -0.25) is 0 Å². The highest BCUT2D eigenvalue weighted by molar-refractivity contribution is 9.10. The molecule has 0 aliphatic rings. The highest BCUT2D eigenvalue weighted by Gasteiger charge is 2.19. The summed E-state index contributed by atoms with van der Waals surface area (Å²) in [5.74, 6) is 0. The zero-order chi connectivity index (χ0) is 64.9. The van der Waals surface area contributed by atoms with Crippen molar-refractivity contribution >= 4 is 110 Å². The second-order valence-corrected chi connectivity index (χ2v) is 25.2. The molecule has 0 saturated heterocycles. The molecule has 99 heavy (non-hydrogen) atoms. The van der Waals surface area contributed by atoms with Crippen LogP contribution in [-0.4, -0.2) is 9.13 Å². The molecule has 0 amide bonds. The topological polar surface area (TPSA) is 25.1 Å². The van der Waals surface area contributed by atoms with Crippen LogP contribution in [0.15, 0.2) is 393 Å². The number of halogens is 1. The van der Waals surface area contributed by atoms with E-state index in [2.05, 4.69) is 417 Å². The van der Waals surface area contributed by atoms with E-state index in [1.165, 1.54) is 121 Å². The van der Waals surface area contributed by atoms with E-state index in [9.17, 15) is 0 Å². The Hall–Kier alpha value is -12.3. The zero-order valence-electron chi connectivity index (χ0n) is 53.2. The molecule has 0 fully saturated rings. The molecule has 0 unspecified atom stereocenters. The lowest BCUT2D eigenvalue weighted by molar-refractivity contribution is 1.18. The smallest absolute Gasteiger partial charge is 0.0541 e. The highest BCUT2D eigenvalue weighted by atomic mass is 79.9. The third kappa shape index (κ3) is 13.2. The van der Waals surface area contributed by atoms with Crippen LogP contribution in [0, 0.1) is 0 Å². The minimum absolute atomic E-state index is 0. The van der Waals surface area contributed by atoms with Crippen LogP contribution < -0.4 is 10.2 Å². The van der Waals surface area contributed by atoms with Gasteiger partial charge in [-0.2, -0.15) is 0 Å². The Morgan fingerprint density at radius 1 is 0.232 bits per heavy atom. The number of hydrogen-bond donors (Lipinski definition) is 1. The Kier molecular flexibility index (Phi) is 18.8. The molecule has 2 heterocycles. The molecule has 0 saturated carbocycles. The summed E-state index contributed by atoms with van der Waals surface area (Å²) < 4.78 is 5.93. The van der Waals surface area contributed by atoms with Crippen molar-refractivity contribution in [2.24, 2.45) is 0 Å². The number of fused-ring (bicyclic) bond motifs is 8. The van der Waals surface area contributed by atoms with Crippen LogP contribution in [0.1, 0.15) is 14.9 Å². The molecule has 0 spiro atoms. The van der Waals surface area contributed by atoms with E-state index >= 15 is 0 Å². The highest BCUT2D eigenvalue weighted by Crippen LogP contribution is 2.42. The summed E-state index contributed by atoms with van der Waals surface area (Å²) in [4.78, 5) is 2.35. The third-order valence-corrected chi connectivity index (χ3v) is 18.8. The van der Waals surface area contributed by atoms with Crippen molar-refractivity contribution in [2.45, 2.75) is 14.9 Å². The summed E-state index contributed by atoms with van der Waals surface area (Å²) in [5.41, 5.74) is 22.3. The van der Waals surface area contributed by atoms with Gasteiger partial charge in [0.05, 0.1) is 33.4 Å². The Morgan fingerprint density at radius 2 is 0.535 bits per heavy atom. The number of hydrogen-bond acceptors (Lipinski definition) is 2. The molecule has 0 atom stereocenters. The molecule has 16 aromatic carbocycles. The minimum Gasteiger partial charge on any atom is -0.356 e. The molecule has 18 aromatic rings. The largest absolute Gasteiger partial charge is 0.356 e. The average Bonchev–Trinajstić information content (AvgIpc) is 1.62. The molecule has 476 valence electrons. The fourth-order valence-electron chi connectivity index (χ4n) is 13.6. The number of anilines is 5. The van der Waals surface area contributed by atoms with Crippen molar-refractivity contribution in [2.75, 3.05) is 10.2 Å². The van der Waals surface area contributed by atoms with Gasteiger partial charge in [-0.05, 0) is 164 Å². The molecule has 2 aromatic heterocycles. The van der Waals surface area contributed by atoms with E-state index in [-0.39, 0.29) is 14.9 Å². The van der Waals surface area contributed by atoms with Crippen LogP contribution in [0.25, 0.3) is 121 Å². The summed E-state index contributed by atoms with van der Waals surface area (Å²) >= 11 is 3.43. The van der Waals surface area contributed by atoms with Crippen LogP contribution in [0.5, 0.6) is 0 Å². The predicted octanol–water partition coefficient (Wildman–Crippen LogP) is 27.5. The molecule has 0 radical (unpaired) electrons. The quantitative estimate of drug-likeness (QED) is 0.140. The molecule has 0 aliphatic carbocycles. The van der Waals surface area contributed by atoms with E-state index in [1.54, 1.807) is 0 Å². The monoisotopic (exact) mass is 1340 g/mol. The number of nitrogens with one attached hydrogen (secondary N) is 1. The zero-order valence-corrected chi connectivity index (χ0v) is 54.8. The number of nitrogens with zero attached hydrogens (tertiary/aromatic N) is 3. The first-order chi connectivity index (χ1) is 48.0. The maximum absolute atomic E-state index is 3.55. The first kappa shape index (κ1) is 64.1. The lowest BCUT2D eigenvalue weighted by atomic mass is 10.0. The average molecular weight is 1340 g/mol. The second-order valence-electron chi connectivity index (χ2n) is 24.2. The van der Waals surface area contributed by atoms with Gasteiger partial charge in [-0.15, -0.1) is 0 Å². The Balaban J connectivity index is 0.000000146. The van der Waals surface area contributed by atoms with E-state index in [0.29, 0.717) is 0 Å². The Bertz CT molecular complexity index is 5670. The molecular weight excluding hydrogens is 1260 g/mol. The lowest BCUT2D eigenvalue weighted by Crippen LogP contribution is -2.10. The number of para-hydroxylation sites is 6. The van der Waals surface area contributed by atoms with Gasteiger partial charge in [-0.1, -0.05) is 310 Å². The SMILES string of the molecule is Brc1ccc2ccccc2c1.C.C.c1ccc(-c2ccc(N(c3ccc(-c4ccccc4-n4c5ccccc5c5ccccc54)cc3)c3ccc4ccccc4c3)cc2)cc1.c1ccc(-c2ccc(Nc3ccc(-c4ccccc4-n4c5ccccc5c5ccccc54)cc3)cc2)cc1. The minimum atomic E-state index is 0. The number of benzene rings is 16. The van der Waals surface area contributed by atoms with E-state index < -0.39 is 0 Å². The fraction of sp³-hybridized carbons (Fsp3) is 0.0213.